The van der Waals surface area contributed by atoms with Crippen molar-refractivity contribution in [2.24, 2.45) is 0 Å². The summed E-state index contributed by atoms with van der Waals surface area (Å²) in [6.07, 6.45) is 0.270. The fourth-order valence-corrected chi connectivity index (χ4v) is 1.74. The van der Waals surface area contributed by atoms with Gasteiger partial charge in [0, 0.05) is 13.1 Å². The summed E-state index contributed by atoms with van der Waals surface area (Å²) in [4.78, 5) is 11.7. The maximum atomic E-state index is 11.7. The number of nitrogens with zero attached hydrogens (tertiary/aromatic N) is 1. The quantitative estimate of drug-likeness (QED) is 0.792. The van der Waals surface area contributed by atoms with Crippen LogP contribution in [0.1, 0.15) is 5.56 Å². The SMILES string of the molecule is O=C(Cc1cccc(O)c1)NN1CCOCC1. The van der Waals surface area contributed by atoms with E-state index in [2.05, 4.69) is 5.43 Å². The van der Waals surface area contributed by atoms with Gasteiger partial charge in [-0.1, -0.05) is 12.1 Å². The number of carbonyl (C=O) groups is 1. The largest absolute Gasteiger partial charge is 0.508 e. The van der Waals surface area contributed by atoms with E-state index in [4.69, 9.17) is 4.74 Å². The van der Waals surface area contributed by atoms with Crippen molar-refractivity contribution in [3.05, 3.63) is 29.8 Å². The van der Waals surface area contributed by atoms with Crippen molar-refractivity contribution >= 4 is 5.91 Å². The third kappa shape index (κ3) is 3.72. The van der Waals surface area contributed by atoms with Crippen molar-refractivity contribution in [2.75, 3.05) is 26.3 Å². The van der Waals surface area contributed by atoms with Crippen LogP contribution in [0, 0.1) is 0 Å². The smallest absolute Gasteiger partial charge is 0.238 e. The maximum absolute atomic E-state index is 11.7. The number of amides is 1. The molecule has 1 aromatic rings. The summed E-state index contributed by atoms with van der Waals surface area (Å²) in [5, 5.41) is 11.1. The lowest BCUT2D eigenvalue weighted by Crippen LogP contribution is -2.48. The summed E-state index contributed by atoms with van der Waals surface area (Å²) in [5.41, 5.74) is 3.62. The van der Waals surface area contributed by atoms with Gasteiger partial charge in [-0.2, -0.15) is 0 Å². The van der Waals surface area contributed by atoms with Crippen molar-refractivity contribution in [1.82, 2.24) is 10.4 Å². The number of ether oxygens (including phenoxy) is 1. The van der Waals surface area contributed by atoms with Gasteiger partial charge >= 0.3 is 0 Å². The first-order valence-corrected chi connectivity index (χ1v) is 5.64. The second-order valence-corrected chi connectivity index (χ2v) is 3.98. The van der Waals surface area contributed by atoms with E-state index in [1.54, 1.807) is 18.2 Å². The van der Waals surface area contributed by atoms with E-state index in [9.17, 15) is 9.90 Å². The van der Waals surface area contributed by atoms with Crippen molar-refractivity contribution < 1.29 is 14.6 Å². The number of hydrazine groups is 1. The van der Waals surface area contributed by atoms with Gasteiger partial charge in [0.2, 0.25) is 5.91 Å². The summed E-state index contributed by atoms with van der Waals surface area (Å²) in [6.45, 7) is 2.72. The first kappa shape index (κ1) is 11.9. The molecule has 1 fully saturated rings. The van der Waals surface area contributed by atoms with Gasteiger partial charge in [-0.25, -0.2) is 5.01 Å². The minimum atomic E-state index is -0.0718. The highest BCUT2D eigenvalue weighted by molar-refractivity contribution is 5.78. The number of benzene rings is 1. The Morgan fingerprint density at radius 3 is 2.88 bits per heavy atom. The number of hydrogen-bond donors (Lipinski definition) is 2. The van der Waals surface area contributed by atoms with Crippen LogP contribution in [0.15, 0.2) is 24.3 Å². The van der Waals surface area contributed by atoms with E-state index in [-0.39, 0.29) is 18.1 Å². The second kappa shape index (κ2) is 5.65. The predicted molar refractivity (Wildman–Crippen MR) is 62.3 cm³/mol. The average Bonchev–Trinajstić information content (AvgIpc) is 2.30. The molecule has 1 heterocycles. The third-order valence-electron chi connectivity index (χ3n) is 2.57. The molecule has 17 heavy (non-hydrogen) atoms. The number of phenolic OH excluding ortho intramolecular Hbond substituents is 1. The van der Waals surface area contributed by atoms with E-state index in [0.29, 0.717) is 26.3 Å². The van der Waals surface area contributed by atoms with Crippen LogP contribution in [0.5, 0.6) is 5.75 Å². The second-order valence-electron chi connectivity index (χ2n) is 3.98. The molecule has 1 saturated heterocycles. The van der Waals surface area contributed by atoms with Crippen LogP contribution in [0.2, 0.25) is 0 Å². The minimum absolute atomic E-state index is 0.0718. The zero-order valence-electron chi connectivity index (χ0n) is 9.56. The molecule has 1 aliphatic heterocycles. The third-order valence-corrected chi connectivity index (χ3v) is 2.57. The standard InChI is InChI=1S/C12H16N2O3/c15-11-3-1-2-10(8-11)9-12(16)13-14-4-6-17-7-5-14/h1-3,8,15H,4-7,9H2,(H,13,16). The Hall–Kier alpha value is -1.59. The molecule has 0 radical (unpaired) electrons. The number of rotatable bonds is 3. The molecule has 0 atom stereocenters. The van der Waals surface area contributed by atoms with Crippen LogP contribution in [0.4, 0.5) is 0 Å². The Balaban J connectivity index is 1.84. The highest BCUT2D eigenvalue weighted by Gasteiger charge is 2.13. The summed E-state index contributed by atoms with van der Waals surface area (Å²) in [7, 11) is 0. The van der Waals surface area contributed by atoms with Gasteiger partial charge in [0.1, 0.15) is 5.75 Å². The predicted octanol–water partition coefficient (Wildman–Crippen LogP) is 0.298. The van der Waals surface area contributed by atoms with E-state index in [1.807, 2.05) is 11.1 Å². The molecule has 1 aliphatic rings. The van der Waals surface area contributed by atoms with Crippen LogP contribution >= 0.6 is 0 Å². The van der Waals surface area contributed by atoms with E-state index < -0.39 is 0 Å². The molecule has 2 rings (SSSR count). The molecule has 1 amide bonds. The first-order chi connectivity index (χ1) is 8.24. The van der Waals surface area contributed by atoms with E-state index >= 15 is 0 Å². The molecule has 5 nitrogen and oxygen atoms in total. The molecule has 1 aromatic carbocycles. The van der Waals surface area contributed by atoms with Crippen molar-refractivity contribution in [3.63, 3.8) is 0 Å². The zero-order valence-corrected chi connectivity index (χ0v) is 9.56. The molecule has 0 aliphatic carbocycles. The maximum Gasteiger partial charge on any atom is 0.238 e. The molecular formula is C12H16N2O3. The molecule has 5 heteroatoms. The average molecular weight is 236 g/mol. The topological polar surface area (TPSA) is 61.8 Å². The summed E-state index contributed by atoms with van der Waals surface area (Å²) >= 11 is 0. The zero-order chi connectivity index (χ0) is 12.1. The number of phenols is 1. The van der Waals surface area contributed by atoms with Crippen LogP contribution in [-0.2, 0) is 16.0 Å². The number of morpholine rings is 1. The Bertz CT molecular complexity index is 389. The highest BCUT2D eigenvalue weighted by atomic mass is 16.5. The summed E-state index contributed by atoms with van der Waals surface area (Å²) in [5.74, 6) is 0.110. The highest BCUT2D eigenvalue weighted by Crippen LogP contribution is 2.11. The van der Waals surface area contributed by atoms with E-state index in [0.717, 1.165) is 5.56 Å². The minimum Gasteiger partial charge on any atom is -0.508 e. The summed E-state index contributed by atoms with van der Waals surface area (Å²) < 4.78 is 5.19. The molecule has 92 valence electrons. The monoisotopic (exact) mass is 236 g/mol. The summed E-state index contributed by atoms with van der Waals surface area (Å²) in [6, 6.07) is 6.73. The van der Waals surface area contributed by atoms with Crippen molar-refractivity contribution in [1.29, 1.82) is 0 Å². The molecule has 0 unspecified atom stereocenters. The molecule has 0 aromatic heterocycles. The molecule has 0 spiro atoms. The lowest BCUT2D eigenvalue weighted by molar-refractivity contribution is -0.127. The van der Waals surface area contributed by atoms with Crippen LogP contribution in [-0.4, -0.2) is 42.3 Å². The fourth-order valence-electron chi connectivity index (χ4n) is 1.74. The van der Waals surface area contributed by atoms with Gasteiger partial charge < -0.3 is 9.84 Å². The van der Waals surface area contributed by atoms with Crippen LogP contribution in [0.3, 0.4) is 0 Å². The van der Waals surface area contributed by atoms with Gasteiger partial charge in [0.15, 0.2) is 0 Å². The normalized spacial score (nSPS) is 16.7. The van der Waals surface area contributed by atoms with Gasteiger partial charge in [0.25, 0.3) is 0 Å². The Morgan fingerprint density at radius 1 is 1.41 bits per heavy atom. The number of carbonyl (C=O) groups excluding carboxylic acids is 1. The lowest BCUT2D eigenvalue weighted by Gasteiger charge is -2.26. The first-order valence-electron chi connectivity index (χ1n) is 5.64. The molecular weight excluding hydrogens is 220 g/mol. The van der Waals surface area contributed by atoms with Crippen LogP contribution < -0.4 is 5.43 Å². The van der Waals surface area contributed by atoms with Crippen molar-refractivity contribution in [2.45, 2.75) is 6.42 Å². The lowest BCUT2D eigenvalue weighted by atomic mass is 10.1. The van der Waals surface area contributed by atoms with Gasteiger partial charge in [-0.3, -0.25) is 10.2 Å². The molecule has 0 bridgehead atoms. The Morgan fingerprint density at radius 2 is 2.18 bits per heavy atom. The number of hydrogen-bond acceptors (Lipinski definition) is 4. The number of aromatic hydroxyl groups is 1. The Kier molecular flexibility index (Phi) is 3.95. The van der Waals surface area contributed by atoms with Gasteiger partial charge in [-0.05, 0) is 17.7 Å². The van der Waals surface area contributed by atoms with Gasteiger partial charge in [0.05, 0.1) is 19.6 Å². The number of nitrogens with one attached hydrogen (secondary N) is 1. The van der Waals surface area contributed by atoms with Crippen LogP contribution in [0.25, 0.3) is 0 Å². The van der Waals surface area contributed by atoms with Crippen molar-refractivity contribution in [3.8, 4) is 5.75 Å². The fraction of sp³-hybridized carbons (Fsp3) is 0.417. The molecule has 2 N–H and O–H groups in total. The Labute approximate surface area is 100.0 Å². The molecule has 0 saturated carbocycles. The van der Waals surface area contributed by atoms with E-state index in [1.165, 1.54) is 0 Å². The van der Waals surface area contributed by atoms with Gasteiger partial charge in [-0.15, -0.1) is 0 Å².